The van der Waals surface area contributed by atoms with Crippen LogP contribution in [0.2, 0.25) is 0 Å². The van der Waals surface area contributed by atoms with E-state index in [1.165, 1.54) is 17.8 Å². The molecule has 0 bridgehead atoms. The zero-order chi connectivity index (χ0) is 18.5. The summed E-state index contributed by atoms with van der Waals surface area (Å²) in [5.41, 5.74) is 3.19. The van der Waals surface area contributed by atoms with E-state index in [0.29, 0.717) is 13.0 Å². The Balaban J connectivity index is 1.51. The Bertz CT molecular complexity index is 744. The number of carbonyl (C=O) groups excluding carboxylic acids is 1. The smallest absolute Gasteiger partial charge is 0.315 e. The highest BCUT2D eigenvalue weighted by atomic mass is 19.1. The lowest BCUT2D eigenvalue weighted by molar-refractivity contribution is 0.212. The minimum atomic E-state index is -0.283. The Hall–Kier alpha value is -2.41. The van der Waals surface area contributed by atoms with Crippen LogP contribution in [0.5, 0.6) is 0 Å². The number of urea groups is 1. The number of amides is 2. The molecule has 3 N–H and O–H groups in total. The van der Waals surface area contributed by atoms with Gasteiger partial charge in [-0.3, -0.25) is 4.68 Å². The van der Waals surface area contributed by atoms with E-state index < -0.39 is 0 Å². The number of hydrogen-bond acceptors (Lipinski definition) is 3. The molecule has 140 valence electrons. The second kappa shape index (κ2) is 8.31. The van der Waals surface area contributed by atoms with Gasteiger partial charge < -0.3 is 15.7 Å². The van der Waals surface area contributed by atoms with E-state index in [2.05, 4.69) is 15.7 Å². The fourth-order valence-corrected chi connectivity index (χ4v) is 3.46. The number of benzene rings is 1. The fourth-order valence-electron chi connectivity index (χ4n) is 3.46. The van der Waals surface area contributed by atoms with E-state index in [4.69, 9.17) is 0 Å². The quantitative estimate of drug-likeness (QED) is 0.738. The van der Waals surface area contributed by atoms with Crippen LogP contribution in [0.25, 0.3) is 0 Å². The highest BCUT2D eigenvalue weighted by Gasteiger charge is 2.24. The SMILES string of the molecule is Cn1ncc2c1CCC[C@@H]2NC(=O)NC[C@H](CO)Cc1ccc(F)cc1. The molecular weight excluding hydrogens is 335 g/mol. The molecule has 1 aromatic heterocycles. The number of nitrogens with zero attached hydrogens (tertiary/aromatic N) is 2. The van der Waals surface area contributed by atoms with E-state index in [-0.39, 0.29) is 30.4 Å². The van der Waals surface area contributed by atoms with Gasteiger partial charge in [0.2, 0.25) is 0 Å². The van der Waals surface area contributed by atoms with Crippen LogP contribution in [-0.4, -0.2) is 34.1 Å². The molecule has 26 heavy (non-hydrogen) atoms. The molecule has 2 aromatic rings. The molecule has 0 radical (unpaired) electrons. The third-order valence-corrected chi connectivity index (χ3v) is 4.93. The van der Waals surface area contributed by atoms with Crippen molar-refractivity contribution >= 4 is 6.03 Å². The molecule has 6 nitrogen and oxygen atoms in total. The summed E-state index contributed by atoms with van der Waals surface area (Å²) in [4.78, 5) is 12.3. The molecule has 2 atom stereocenters. The van der Waals surface area contributed by atoms with Crippen molar-refractivity contribution in [2.45, 2.75) is 31.7 Å². The molecule has 0 spiro atoms. The lowest BCUT2D eigenvalue weighted by Gasteiger charge is -2.24. The summed E-state index contributed by atoms with van der Waals surface area (Å²) < 4.78 is 14.8. The molecular formula is C19H25FN4O2. The van der Waals surface area contributed by atoms with Gasteiger partial charge in [-0.05, 0) is 43.4 Å². The summed E-state index contributed by atoms with van der Waals surface area (Å²) in [6.45, 7) is 0.306. The third-order valence-electron chi connectivity index (χ3n) is 4.93. The first-order chi connectivity index (χ1) is 12.6. The van der Waals surface area contributed by atoms with Crippen molar-refractivity contribution in [1.82, 2.24) is 20.4 Å². The van der Waals surface area contributed by atoms with Gasteiger partial charge in [-0.2, -0.15) is 5.10 Å². The largest absolute Gasteiger partial charge is 0.396 e. The average molecular weight is 360 g/mol. The number of aryl methyl sites for hydroxylation is 1. The summed E-state index contributed by atoms with van der Waals surface area (Å²) in [6, 6.07) is 5.92. The molecule has 0 unspecified atom stereocenters. The van der Waals surface area contributed by atoms with Gasteiger partial charge in [-0.25, -0.2) is 9.18 Å². The topological polar surface area (TPSA) is 79.2 Å². The summed E-state index contributed by atoms with van der Waals surface area (Å²) in [7, 11) is 1.92. The van der Waals surface area contributed by atoms with Gasteiger partial charge in [0.15, 0.2) is 0 Å². The monoisotopic (exact) mass is 360 g/mol. The average Bonchev–Trinajstić information content (AvgIpc) is 3.02. The second-order valence-corrected chi connectivity index (χ2v) is 6.85. The van der Waals surface area contributed by atoms with Crippen molar-refractivity contribution in [1.29, 1.82) is 0 Å². The number of fused-ring (bicyclic) bond motifs is 1. The minimum absolute atomic E-state index is 0.0304. The molecule has 1 aliphatic carbocycles. The number of aromatic nitrogens is 2. The molecule has 0 saturated carbocycles. The van der Waals surface area contributed by atoms with Crippen LogP contribution in [-0.2, 0) is 19.9 Å². The maximum absolute atomic E-state index is 13.0. The lowest BCUT2D eigenvalue weighted by Crippen LogP contribution is -2.41. The van der Waals surface area contributed by atoms with Gasteiger partial charge in [0.1, 0.15) is 5.82 Å². The van der Waals surface area contributed by atoms with Crippen molar-refractivity contribution in [2.75, 3.05) is 13.2 Å². The van der Waals surface area contributed by atoms with E-state index in [1.54, 1.807) is 12.1 Å². The molecule has 3 rings (SSSR count). The first-order valence-electron chi connectivity index (χ1n) is 8.97. The first kappa shape index (κ1) is 18.4. The zero-order valence-electron chi connectivity index (χ0n) is 14.9. The Morgan fingerprint density at radius 2 is 2.19 bits per heavy atom. The molecule has 2 amide bonds. The van der Waals surface area contributed by atoms with E-state index >= 15 is 0 Å². The minimum Gasteiger partial charge on any atom is -0.396 e. The standard InChI is InChI=1S/C19H25FN4O2/c1-24-18-4-2-3-17(16(18)11-22-24)23-19(26)21-10-14(12-25)9-13-5-7-15(20)8-6-13/h5-8,11,14,17,25H,2-4,9-10,12H2,1H3,(H2,21,23,26)/t14-,17+/m1/s1. The maximum atomic E-state index is 13.0. The van der Waals surface area contributed by atoms with Gasteiger partial charge in [0.25, 0.3) is 0 Å². The molecule has 7 heteroatoms. The maximum Gasteiger partial charge on any atom is 0.315 e. The highest BCUT2D eigenvalue weighted by Crippen LogP contribution is 2.28. The van der Waals surface area contributed by atoms with Gasteiger partial charge in [0, 0.05) is 37.4 Å². The Morgan fingerprint density at radius 3 is 2.92 bits per heavy atom. The Kier molecular flexibility index (Phi) is 5.88. The van der Waals surface area contributed by atoms with E-state index in [9.17, 15) is 14.3 Å². The van der Waals surface area contributed by atoms with Crippen LogP contribution in [0.3, 0.4) is 0 Å². The Morgan fingerprint density at radius 1 is 1.42 bits per heavy atom. The summed E-state index contributed by atoms with van der Waals surface area (Å²) in [6.07, 6.45) is 5.29. The van der Waals surface area contributed by atoms with E-state index in [0.717, 1.165) is 30.4 Å². The lowest BCUT2D eigenvalue weighted by atomic mass is 9.93. The first-order valence-corrected chi connectivity index (χ1v) is 8.97. The van der Waals surface area contributed by atoms with Crippen LogP contribution in [0.15, 0.2) is 30.5 Å². The molecule has 0 saturated heterocycles. The Labute approximate surface area is 152 Å². The van der Waals surface area contributed by atoms with Crippen LogP contribution in [0.4, 0.5) is 9.18 Å². The van der Waals surface area contributed by atoms with Crippen LogP contribution in [0.1, 0.15) is 35.7 Å². The summed E-state index contributed by atoms with van der Waals surface area (Å²) >= 11 is 0. The number of hydrogen-bond donors (Lipinski definition) is 3. The molecule has 1 aromatic carbocycles. The van der Waals surface area contributed by atoms with Gasteiger partial charge in [-0.1, -0.05) is 12.1 Å². The summed E-state index contributed by atoms with van der Waals surface area (Å²) in [5, 5.41) is 19.7. The predicted octanol–water partition coefficient (Wildman–Crippen LogP) is 2.09. The molecule has 0 aliphatic heterocycles. The number of halogens is 1. The molecule has 0 fully saturated rings. The van der Waals surface area contributed by atoms with Gasteiger partial charge >= 0.3 is 6.03 Å². The predicted molar refractivity (Wildman–Crippen MR) is 96.1 cm³/mol. The normalized spacial score (nSPS) is 17.4. The highest BCUT2D eigenvalue weighted by molar-refractivity contribution is 5.74. The van der Waals surface area contributed by atoms with Gasteiger partial charge in [-0.15, -0.1) is 0 Å². The number of carbonyl (C=O) groups is 1. The van der Waals surface area contributed by atoms with Crippen molar-refractivity contribution in [3.63, 3.8) is 0 Å². The van der Waals surface area contributed by atoms with Crippen LogP contribution in [0, 0.1) is 11.7 Å². The van der Waals surface area contributed by atoms with Crippen LogP contribution < -0.4 is 10.6 Å². The fraction of sp³-hybridized carbons (Fsp3) is 0.474. The van der Waals surface area contributed by atoms with E-state index in [1.807, 2.05) is 17.9 Å². The van der Waals surface area contributed by atoms with Crippen molar-refractivity contribution in [3.05, 3.63) is 53.1 Å². The molecule has 1 heterocycles. The molecule has 1 aliphatic rings. The van der Waals surface area contributed by atoms with Crippen molar-refractivity contribution in [3.8, 4) is 0 Å². The number of aliphatic hydroxyl groups is 1. The third kappa shape index (κ3) is 4.40. The number of aliphatic hydroxyl groups excluding tert-OH is 1. The second-order valence-electron chi connectivity index (χ2n) is 6.85. The van der Waals surface area contributed by atoms with Crippen molar-refractivity contribution < 1.29 is 14.3 Å². The summed E-state index contributed by atoms with van der Waals surface area (Å²) in [5.74, 6) is -0.402. The number of nitrogens with one attached hydrogen (secondary N) is 2. The zero-order valence-corrected chi connectivity index (χ0v) is 14.9. The van der Waals surface area contributed by atoms with Gasteiger partial charge in [0.05, 0.1) is 12.2 Å². The van der Waals surface area contributed by atoms with Crippen molar-refractivity contribution in [2.24, 2.45) is 13.0 Å². The van der Waals surface area contributed by atoms with Crippen LogP contribution >= 0.6 is 0 Å². The number of rotatable bonds is 6.